The van der Waals surface area contributed by atoms with Gasteiger partial charge in [0.1, 0.15) is 58.9 Å². The van der Waals surface area contributed by atoms with Crippen molar-refractivity contribution >= 4 is 33.6 Å². The quantitative estimate of drug-likeness (QED) is 0.315. The van der Waals surface area contributed by atoms with E-state index in [4.69, 9.17) is 19.2 Å². The summed E-state index contributed by atoms with van der Waals surface area (Å²) in [6.45, 7) is 6.16. The van der Waals surface area contributed by atoms with Crippen molar-refractivity contribution in [2.45, 2.75) is 42.9 Å². The third-order valence-electron chi connectivity index (χ3n) is 10.1. The molecular formula is C33H32F3N5O4. The zero-order valence-electron chi connectivity index (χ0n) is 24.8. The molecule has 0 radical (unpaired) electrons. The van der Waals surface area contributed by atoms with Crippen LogP contribution in [0.2, 0.25) is 0 Å². The van der Waals surface area contributed by atoms with Crippen molar-refractivity contribution in [2.75, 3.05) is 51.5 Å². The Morgan fingerprint density at radius 2 is 2.02 bits per heavy atom. The number of nitrogens with zero attached hydrogens (tertiary/aromatic N) is 5. The SMILES string of the molecule is C=Cc1c(F)ccc2cc(O)cc(-c3nc4c5c(nc(OC[C@@]67CCCN6C[C@H](F)C7)nc5c3F)N(C)C3(CCOC3)CO4)c12. The molecule has 4 aliphatic rings. The zero-order valence-corrected chi connectivity index (χ0v) is 24.8. The summed E-state index contributed by atoms with van der Waals surface area (Å²) in [6, 6.07) is 5.54. The van der Waals surface area contributed by atoms with E-state index in [0.29, 0.717) is 49.2 Å². The monoisotopic (exact) mass is 619 g/mol. The van der Waals surface area contributed by atoms with Crippen LogP contribution in [-0.2, 0) is 4.74 Å². The van der Waals surface area contributed by atoms with Crippen LogP contribution in [-0.4, -0.2) is 88.8 Å². The number of anilines is 1. The molecule has 1 unspecified atom stereocenters. The average molecular weight is 620 g/mol. The Morgan fingerprint density at radius 3 is 2.82 bits per heavy atom. The highest BCUT2D eigenvalue weighted by molar-refractivity contribution is 6.05. The van der Waals surface area contributed by atoms with Gasteiger partial charge in [0, 0.05) is 43.1 Å². The average Bonchev–Trinajstić information content (AvgIpc) is 3.72. The number of benzene rings is 2. The highest BCUT2D eigenvalue weighted by Gasteiger charge is 2.50. The molecule has 234 valence electrons. The van der Waals surface area contributed by atoms with Gasteiger partial charge in [-0.25, -0.2) is 18.2 Å². The van der Waals surface area contributed by atoms with E-state index in [-0.39, 0.29) is 58.6 Å². The second-order valence-corrected chi connectivity index (χ2v) is 12.6. The first-order chi connectivity index (χ1) is 21.7. The molecule has 1 spiro atoms. The molecule has 3 saturated heterocycles. The Morgan fingerprint density at radius 1 is 1.16 bits per heavy atom. The van der Waals surface area contributed by atoms with Crippen LogP contribution in [0.1, 0.15) is 31.2 Å². The van der Waals surface area contributed by atoms with Gasteiger partial charge in [-0.15, -0.1) is 0 Å². The molecule has 8 rings (SSSR count). The number of rotatable bonds is 5. The largest absolute Gasteiger partial charge is 0.508 e. The van der Waals surface area contributed by atoms with Gasteiger partial charge < -0.3 is 24.2 Å². The highest BCUT2D eigenvalue weighted by Crippen LogP contribution is 2.46. The summed E-state index contributed by atoms with van der Waals surface area (Å²) in [4.78, 5) is 18.0. The number of ether oxygens (including phenoxy) is 3. The van der Waals surface area contributed by atoms with Crippen LogP contribution < -0.4 is 14.4 Å². The molecule has 1 N–H and O–H groups in total. The molecule has 0 bridgehead atoms. The van der Waals surface area contributed by atoms with Crippen LogP contribution in [0.3, 0.4) is 0 Å². The summed E-state index contributed by atoms with van der Waals surface area (Å²) in [5.41, 5.74) is -1.03. The molecule has 3 fully saturated rings. The Bertz CT molecular complexity index is 1880. The van der Waals surface area contributed by atoms with E-state index >= 15 is 4.39 Å². The summed E-state index contributed by atoms with van der Waals surface area (Å²) >= 11 is 0. The van der Waals surface area contributed by atoms with Crippen LogP contribution >= 0.6 is 0 Å². The molecule has 45 heavy (non-hydrogen) atoms. The standard InChI is InChI=1S/C33H32F3N5O4/c1-3-21-23(35)6-5-18-11-20(42)12-22(24(18)21)27-26(36)28-25-29(40(2)33(8-10-43-15-33)17-44-30(25)37-27)39-31(38-28)45-16-32-7-4-9-41(32)14-19(34)13-32/h3,5-6,11-12,19,42H,1,4,7-10,13-17H2,2H3/t19-,32+,33?/m1/s1. The number of aromatic hydroxyl groups is 1. The minimum absolute atomic E-state index is 0.0514. The molecule has 12 heteroatoms. The zero-order chi connectivity index (χ0) is 31.1. The van der Waals surface area contributed by atoms with Crippen molar-refractivity contribution in [1.82, 2.24) is 19.9 Å². The number of likely N-dealkylation sites (N-methyl/N-ethyl adjacent to an activating group) is 1. The molecular weight excluding hydrogens is 587 g/mol. The summed E-state index contributed by atoms with van der Waals surface area (Å²) in [7, 11) is 1.86. The normalized spacial score (nSPS) is 26.0. The molecule has 0 aliphatic carbocycles. The van der Waals surface area contributed by atoms with E-state index < -0.39 is 28.9 Å². The maximum atomic E-state index is 16.9. The maximum absolute atomic E-state index is 16.9. The maximum Gasteiger partial charge on any atom is 0.319 e. The van der Waals surface area contributed by atoms with Gasteiger partial charge in [0.25, 0.3) is 0 Å². The van der Waals surface area contributed by atoms with Gasteiger partial charge in [-0.3, -0.25) is 4.90 Å². The van der Waals surface area contributed by atoms with Gasteiger partial charge in [0.2, 0.25) is 5.88 Å². The van der Waals surface area contributed by atoms with E-state index in [1.54, 1.807) is 0 Å². The summed E-state index contributed by atoms with van der Waals surface area (Å²) in [5.74, 6) is -1.03. The van der Waals surface area contributed by atoms with E-state index in [0.717, 1.165) is 19.4 Å². The van der Waals surface area contributed by atoms with Gasteiger partial charge in [0.15, 0.2) is 5.82 Å². The highest BCUT2D eigenvalue weighted by atomic mass is 19.1. The van der Waals surface area contributed by atoms with Crippen molar-refractivity contribution in [3.05, 3.63) is 48.0 Å². The van der Waals surface area contributed by atoms with Gasteiger partial charge >= 0.3 is 6.01 Å². The topological polar surface area (TPSA) is 93.1 Å². The molecule has 3 atom stereocenters. The van der Waals surface area contributed by atoms with E-state index in [9.17, 15) is 13.9 Å². The first-order valence-electron chi connectivity index (χ1n) is 15.2. The van der Waals surface area contributed by atoms with Crippen LogP contribution in [0.5, 0.6) is 17.6 Å². The van der Waals surface area contributed by atoms with Crippen molar-refractivity contribution in [1.29, 1.82) is 0 Å². The second kappa shape index (κ2) is 10.2. The number of hydrogen-bond donors (Lipinski definition) is 1. The van der Waals surface area contributed by atoms with E-state index in [1.165, 1.54) is 30.3 Å². The minimum Gasteiger partial charge on any atom is -0.508 e. The smallest absolute Gasteiger partial charge is 0.319 e. The van der Waals surface area contributed by atoms with Crippen molar-refractivity contribution in [3.8, 4) is 28.9 Å². The first-order valence-corrected chi connectivity index (χ1v) is 15.2. The van der Waals surface area contributed by atoms with Crippen molar-refractivity contribution < 1.29 is 32.5 Å². The molecule has 4 aromatic rings. The van der Waals surface area contributed by atoms with E-state index in [1.807, 2.05) is 11.9 Å². The molecule has 2 aromatic carbocycles. The van der Waals surface area contributed by atoms with Gasteiger partial charge in [-0.2, -0.15) is 9.97 Å². The lowest BCUT2D eigenvalue weighted by Gasteiger charge is -2.36. The number of alkyl halides is 1. The molecule has 0 amide bonds. The predicted molar refractivity (Wildman–Crippen MR) is 163 cm³/mol. The Hall–Kier alpha value is -4.16. The van der Waals surface area contributed by atoms with Crippen molar-refractivity contribution in [3.63, 3.8) is 0 Å². The Kier molecular flexibility index (Phi) is 6.41. The molecule has 0 saturated carbocycles. The number of hydrogen-bond acceptors (Lipinski definition) is 9. The summed E-state index contributed by atoms with van der Waals surface area (Å²) in [6.07, 6.45) is 3.16. The lowest BCUT2D eigenvalue weighted by Crippen LogP contribution is -2.51. The Balaban J connectivity index is 1.34. The lowest BCUT2D eigenvalue weighted by atomic mass is 9.95. The van der Waals surface area contributed by atoms with Gasteiger partial charge in [0.05, 0.1) is 12.1 Å². The first kappa shape index (κ1) is 28.3. The predicted octanol–water partition coefficient (Wildman–Crippen LogP) is 5.41. The number of phenols is 1. The molecule has 6 heterocycles. The fraction of sp³-hybridized carbons (Fsp3) is 0.424. The van der Waals surface area contributed by atoms with Crippen LogP contribution in [0.15, 0.2) is 30.8 Å². The van der Waals surface area contributed by atoms with Crippen LogP contribution in [0, 0.1) is 11.6 Å². The number of aromatic nitrogens is 3. The van der Waals surface area contributed by atoms with Gasteiger partial charge in [-0.05, 0) is 49.4 Å². The van der Waals surface area contributed by atoms with E-state index in [2.05, 4.69) is 21.4 Å². The van der Waals surface area contributed by atoms with Crippen LogP contribution in [0.25, 0.3) is 39.0 Å². The summed E-state index contributed by atoms with van der Waals surface area (Å²) < 4.78 is 64.6. The third kappa shape index (κ3) is 4.25. The Labute approximate surface area is 257 Å². The fourth-order valence-electron chi connectivity index (χ4n) is 7.68. The van der Waals surface area contributed by atoms with Gasteiger partial charge in [-0.1, -0.05) is 18.7 Å². The van der Waals surface area contributed by atoms with Crippen LogP contribution in [0.4, 0.5) is 19.0 Å². The summed E-state index contributed by atoms with van der Waals surface area (Å²) in [5, 5.41) is 11.7. The minimum atomic E-state index is -0.933. The fourth-order valence-corrected chi connectivity index (χ4v) is 7.68. The number of phenolic OH excluding ortho intramolecular Hbond substituents is 1. The molecule has 4 aliphatic heterocycles. The molecule has 2 aromatic heterocycles. The number of pyridine rings is 1. The number of fused-ring (bicyclic) bond motifs is 2. The molecule has 9 nitrogen and oxygen atoms in total. The second-order valence-electron chi connectivity index (χ2n) is 12.6. The lowest BCUT2D eigenvalue weighted by molar-refractivity contribution is 0.107. The number of halogens is 3. The third-order valence-corrected chi connectivity index (χ3v) is 10.1. The van der Waals surface area contributed by atoms with Crippen molar-refractivity contribution in [2.24, 2.45) is 0 Å².